The smallest absolute Gasteiger partial charge is 0.134 e. The average Bonchev–Trinajstić information content (AvgIpc) is 2.88. The zero-order chi connectivity index (χ0) is 15.5. The molecule has 1 saturated heterocycles. The molecule has 6 heteroatoms. The quantitative estimate of drug-likeness (QED) is 0.866. The molecule has 22 heavy (non-hydrogen) atoms. The molecule has 0 N–H and O–H groups in total. The highest BCUT2D eigenvalue weighted by Gasteiger charge is 2.14. The second-order valence-electron chi connectivity index (χ2n) is 6.02. The van der Waals surface area contributed by atoms with Gasteiger partial charge in [-0.15, -0.1) is 0 Å². The lowest BCUT2D eigenvalue weighted by atomic mass is 10.1. The Morgan fingerprint density at radius 2 is 1.95 bits per heavy atom. The van der Waals surface area contributed by atoms with Gasteiger partial charge in [0, 0.05) is 51.1 Å². The summed E-state index contributed by atoms with van der Waals surface area (Å²) in [6, 6.07) is 2.09. The van der Waals surface area contributed by atoms with Crippen LogP contribution >= 0.6 is 0 Å². The molecule has 2 aromatic rings. The number of aryl methyl sites for hydroxylation is 1. The lowest BCUT2D eigenvalue weighted by Gasteiger charge is -2.28. The van der Waals surface area contributed by atoms with E-state index in [4.69, 9.17) is 0 Å². The van der Waals surface area contributed by atoms with Gasteiger partial charge in [0.25, 0.3) is 0 Å². The van der Waals surface area contributed by atoms with Gasteiger partial charge >= 0.3 is 0 Å². The lowest BCUT2D eigenvalue weighted by molar-refractivity contribution is 0.573. The fraction of sp³-hybridized carbons (Fsp3) is 0.562. The molecule has 0 bridgehead atoms. The third kappa shape index (κ3) is 3.05. The second kappa shape index (κ2) is 6.34. The largest absolute Gasteiger partial charge is 0.356 e. The first kappa shape index (κ1) is 14.8. The minimum Gasteiger partial charge on any atom is -0.356 e. The molecule has 0 atom stereocenters. The fourth-order valence-electron chi connectivity index (χ4n) is 2.88. The predicted octanol–water partition coefficient (Wildman–Crippen LogP) is 2.15. The molecule has 0 spiro atoms. The number of hydrogen-bond acceptors (Lipinski definition) is 5. The zero-order valence-electron chi connectivity index (χ0n) is 13.7. The highest BCUT2D eigenvalue weighted by atomic mass is 15.3. The predicted molar refractivity (Wildman–Crippen MR) is 88.1 cm³/mol. The Kier molecular flexibility index (Phi) is 4.27. The molecule has 0 amide bonds. The van der Waals surface area contributed by atoms with E-state index < -0.39 is 0 Å². The number of piperidine rings is 1. The first-order valence-electron chi connectivity index (χ1n) is 7.91. The molecule has 2 aromatic heterocycles. The van der Waals surface area contributed by atoms with Gasteiger partial charge < -0.3 is 9.80 Å². The van der Waals surface area contributed by atoms with Crippen LogP contribution in [0.5, 0.6) is 0 Å². The van der Waals surface area contributed by atoms with E-state index in [9.17, 15) is 0 Å². The molecule has 1 aliphatic rings. The van der Waals surface area contributed by atoms with Crippen molar-refractivity contribution in [2.45, 2.75) is 32.7 Å². The van der Waals surface area contributed by atoms with Crippen LogP contribution in [-0.2, 0) is 13.6 Å². The number of aromatic nitrogens is 4. The number of nitrogens with zero attached hydrogens (tertiary/aromatic N) is 6. The summed E-state index contributed by atoms with van der Waals surface area (Å²) in [6.07, 6.45) is 7.44. The van der Waals surface area contributed by atoms with Gasteiger partial charge in [-0.25, -0.2) is 9.97 Å². The third-order valence-electron chi connectivity index (χ3n) is 4.45. The SMILES string of the molecule is Cc1c(CN(C)c2cc(N3CCCCC3)ncn2)cnn1C. The zero-order valence-corrected chi connectivity index (χ0v) is 13.7. The lowest BCUT2D eigenvalue weighted by Crippen LogP contribution is -2.30. The second-order valence-corrected chi connectivity index (χ2v) is 6.02. The Balaban J connectivity index is 1.74. The molecule has 0 aliphatic carbocycles. The van der Waals surface area contributed by atoms with Gasteiger partial charge in [-0.3, -0.25) is 4.68 Å². The van der Waals surface area contributed by atoms with Gasteiger partial charge in [-0.2, -0.15) is 5.10 Å². The number of hydrogen-bond donors (Lipinski definition) is 0. The summed E-state index contributed by atoms with van der Waals surface area (Å²) in [5.74, 6) is 2.00. The van der Waals surface area contributed by atoms with E-state index in [2.05, 4.69) is 44.9 Å². The van der Waals surface area contributed by atoms with Crippen LogP contribution < -0.4 is 9.80 Å². The molecule has 0 saturated carbocycles. The Hall–Kier alpha value is -2.11. The van der Waals surface area contributed by atoms with E-state index in [0.717, 1.165) is 31.3 Å². The molecule has 0 radical (unpaired) electrons. The van der Waals surface area contributed by atoms with Crippen LogP contribution in [0.3, 0.4) is 0 Å². The van der Waals surface area contributed by atoms with E-state index >= 15 is 0 Å². The third-order valence-corrected chi connectivity index (χ3v) is 4.45. The normalized spacial score (nSPS) is 15.1. The minimum atomic E-state index is 0.802. The van der Waals surface area contributed by atoms with Crippen molar-refractivity contribution in [2.24, 2.45) is 7.05 Å². The van der Waals surface area contributed by atoms with Crippen LogP contribution in [0.1, 0.15) is 30.5 Å². The van der Waals surface area contributed by atoms with Crippen molar-refractivity contribution in [3.8, 4) is 0 Å². The highest BCUT2D eigenvalue weighted by molar-refractivity contribution is 5.50. The van der Waals surface area contributed by atoms with Crippen LogP contribution in [0.15, 0.2) is 18.6 Å². The van der Waals surface area contributed by atoms with E-state index in [0.29, 0.717) is 0 Å². The van der Waals surface area contributed by atoms with Crippen molar-refractivity contribution in [1.29, 1.82) is 0 Å². The van der Waals surface area contributed by atoms with Gasteiger partial charge in [-0.05, 0) is 26.2 Å². The van der Waals surface area contributed by atoms with Crippen LogP contribution in [0.4, 0.5) is 11.6 Å². The van der Waals surface area contributed by atoms with Gasteiger partial charge in [0.2, 0.25) is 0 Å². The van der Waals surface area contributed by atoms with Gasteiger partial charge in [0.15, 0.2) is 0 Å². The first-order valence-corrected chi connectivity index (χ1v) is 7.91. The molecule has 3 rings (SSSR count). The van der Waals surface area contributed by atoms with Crippen LogP contribution in [0, 0.1) is 6.92 Å². The average molecular weight is 300 g/mol. The van der Waals surface area contributed by atoms with Gasteiger partial charge in [-0.1, -0.05) is 0 Å². The van der Waals surface area contributed by atoms with E-state index in [1.165, 1.54) is 30.5 Å². The van der Waals surface area contributed by atoms with Gasteiger partial charge in [0.05, 0.1) is 6.20 Å². The van der Waals surface area contributed by atoms with Crippen LogP contribution in [-0.4, -0.2) is 39.9 Å². The van der Waals surface area contributed by atoms with Crippen molar-refractivity contribution < 1.29 is 0 Å². The Bertz CT molecular complexity index is 629. The summed E-state index contributed by atoms with van der Waals surface area (Å²) in [5, 5.41) is 4.30. The van der Waals surface area contributed by atoms with Crippen LogP contribution in [0.2, 0.25) is 0 Å². The van der Waals surface area contributed by atoms with E-state index in [-0.39, 0.29) is 0 Å². The number of anilines is 2. The molecular formula is C16H24N6. The van der Waals surface area contributed by atoms with E-state index in [1.54, 1.807) is 6.33 Å². The fourth-order valence-corrected chi connectivity index (χ4v) is 2.88. The maximum absolute atomic E-state index is 4.45. The molecule has 1 aliphatic heterocycles. The number of rotatable bonds is 4. The van der Waals surface area contributed by atoms with Crippen molar-refractivity contribution in [2.75, 3.05) is 29.9 Å². The molecule has 6 nitrogen and oxygen atoms in total. The van der Waals surface area contributed by atoms with Crippen molar-refractivity contribution in [3.05, 3.63) is 29.8 Å². The summed E-state index contributed by atoms with van der Waals surface area (Å²) in [6.45, 7) is 5.09. The molecule has 118 valence electrons. The maximum Gasteiger partial charge on any atom is 0.134 e. The molecule has 3 heterocycles. The summed E-state index contributed by atoms with van der Waals surface area (Å²) >= 11 is 0. The molecule has 0 aromatic carbocycles. The van der Waals surface area contributed by atoms with E-state index in [1.807, 2.05) is 17.9 Å². The molecule has 1 fully saturated rings. The summed E-state index contributed by atoms with van der Waals surface area (Å²) in [7, 11) is 4.03. The standard InChI is InChI=1S/C16H24N6/c1-13-14(10-19-21(13)3)11-20(2)15-9-16(18-12-17-15)22-7-5-4-6-8-22/h9-10,12H,4-8,11H2,1-3H3. The van der Waals surface area contributed by atoms with Crippen molar-refractivity contribution >= 4 is 11.6 Å². The van der Waals surface area contributed by atoms with Crippen molar-refractivity contribution in [3.63, 3.8) is 0 Å². The topological polar surface area (TPSA) is 50.1 Å². The maximum atomic E-state index is 4.45. The van der Waals surface area contributed by atoms with Crippen molar-refractivity contribution in [1.82, 2.24) is 19.7 Å². The minimum absolute atomic E-state index is 0.802. The Labute approximate surface area is 131 Å². The van der Waals surface area contributed by atoms with Crippen LogP contribution in [0.25, 0.3) is 0 Å². The van der Waals surface area contributed by atoms with Gasteiger partial charge in [0.1, 0.15) is 18.0 Å². The Morgan fingerprint density at radius 1 is 1.18 bits per heavy atom. The summed E-state index contributed by atoms with van der Waals surface area (Å²) in [5.41, 5.74) is 2.42. The highest BCUT2D eigenvalue weighted by Crippen LogP contribution is 2.21. The summed E-state index contributed by atoms with van der Waals surface area (Å²) < 4.78 is 1.91. The Morgan fingerprint density at radius 3 is 2.64 bits per heavy atom. The monoisotopic (exact) mass is 300 g/mol. The first-order chi connectivity index (χ1) is 10.6. The molecule has 0 unspecified atom stereocenters. The molecular weight excluding hydrogens is 276 g/mol. The summed E-state index contributed by atoms with van der Waals surface area (Å²) in [4.78, 5) is 13.4.